The maximum atomic E-state index is 11.3. The standard InChI is InChI=1S/C7H17O3P/c1-5-6-9-11(4,8)10-7(2)3/h7H,5-6H2,1-4H3. The normalized spacial score (nSPS) is 16.8. The molecule has 0 aromatic carbocycles. The van der Waals surface area contributed by atoms with Crippen molar-refractivity contribution in [2.24, 2.45) is 0 Å². The zero-order valence-electron chi connectivity index (χ0n) is 7.66. The quantitative estimate of drug-likeness (QED) is 0.610. The lowest BCUT2D eigenvalue weighted by Crippen LogP contribution is -2.02. The first-order valence-corrected chi connectivity index (χ1v) is 5.87. The summed E-state index contributed by atoms with van der Waals surface area (Å²) in [6.45, 7) is 7.65. The van der Waals surface area contributed by atoms with Crippen LogP contribution in [0.25, 0.3) is 0 Å². The van der Waals surface area contributed by atoms with E-state index in [-0.39, 0.29) is 6.10 Å². The van der Waals surface area contributed by atoms with Gasteiger partial charge in [0.1, 0.15) is 0 Å². The van der Waals surface area contributed by atoms with Gasteiger partial charge in [0.2, 0.25) is 0 Å². The Morgan fingerprint density at radius 2 is 2.00 bits per heavy atom. The summed E-state index contributed by atoms with van der Waals surface area (Å²) < 4.78 is 21.4. The van der Waals surface area contributed by atoms with Gasteiger partial charge in [-0.15, -0.1) is 0 Å². The van der Waals surface area contributed by atoms with Crippen LogP contribution in [0.2, 0.25) is 0 Å². The summed E-state index contributed by atoms with van der Waals surface area (Å²) in [5.41, 5.74) is 0. The molecule has 0 aliphatic heterocycles. The van der Waals surface area contributed by atoms with Crippen LogP contribution in [0.4, 0.5) is 0 Å². The third-order valence-corrected chi connectivity index (χ3v) is 2.39. The van der Waals surface area contributed by atoms with Crippen molar-refractivity contribution >= 4 is 7.60 Å². The first-order valence-electron chi connectivity index (χ1n) is 3.88. The molecule has 1 atom stereocenters. The molecule has 0 bridgehead atoms. The lowest BCUT2D eigenvalue weighted by molar-refractivity contribution is 0.172. The average molecular weight is 180 g/mol. The molecule has 0 heterocycles. The van der Waals surface area contributed by atoms with E-state index in [1.165, 1.54) is 6.66 Å². The third kappa shape index (κ3) is 6.54. The second-order valence-corrected chi connectivity index (χ2v) is 4.77. The van der Waals surface area contributed by atoms with Crippen molar-refractivity contribution in [3.63, 3.8) is 0 Å². The van der Waals surface area contributed by atoms with Gasteiger partial charge in [0.15, 0.2) is 0 Å². The molecular formula is C7H17O3P. The number of rotatable bonds is 5. The van der Waals surface area contributed by atoms with Gasteiger partial charge in [0.25, 0.3) is 0 Å². The molecule has 3 nitrogen and oxygen atoms in total. The maximum absolute atomic E-state index is 11.3. The third-order valence-electron chi connectivity index (χ3n) is 0.932. The highest BCUT2D eigenvalue weighted by atomic mass is 31.2. The second kappa shape index (κ2) is 4.91. The van der Waals surface area contributed by atoms with Crippen LogP contribution in [0.5, 0.6) is 0 Å². The molecule has 0 aliphatic rings. The fourth-order valence-corrected chi connectivity index (χ4v) is 2.01. The molecule has 4 heteroatoms. The van der Waals surface area contributed by atoms with Crippen molar-refractivity contribution in [3.8, 4) is 0 Å². The van der Waals surface area contributed by atoms with Crippen LogP contribution in [0, 0.1) is 0 Å². The van der Waals surface area contributed by atoms with E-state index in [1.807, 2.05) is 20.8 Å². The van der Waals surface area contributed by atoms with Gasteiger partial charge in [-0.2, -0.15) is 0 Å². The van der Waals surface area contributed by atoms with E-state index < -0.39 is 7.60 Å². The Balaban J connectivity index is 3.71. The van der Waals surface area contributed by atoms with E-state index in [9.17, 15) is 4.57 Å². The Morgan fingerprint density at radius 1 is 1.45 bits per heavy atom. The van der Waals surface area contributed by atoms with Crippen LogP contribution < -0.4 is 0 Å². The monoisotopic (exact) mass is 180 g/mol. The van der Waals surface area contributed by atoms with Crippen LogP contribution in [0.3, 0.4) is 0 Å². The van der Waals surface area contributed by atoms with Gasteiger partial charge < -0.3 is 9.05 Å². The average Bonchev–Trinajstić information content (AvgIpc) is 1.81. The molecule has 0 N–H and O–H groups in total. The van der Waals surface area contributed by atoms with E-state index in [0.29, 0.717) is 6.61 Å². The lowest BCUT2D eigenvalue weighted by Gasteiger charge is -2.15. The minimum absolute atomic E-state index is 0.0392. The molecule has 0 amide bonds. The minimum Gasteiger partial charge on any atom is -0.309 e. The van der Waals surface area contributed by atoms with E-state index in [1.54, 1.807) is 0 Å². The fourth-order valence-electron chi connectivity index (χ4n) is 0.670. The van der Waals surface area contributed by atoms with Crippen molar-refractivity contribution in [1.29, 1.82) is 0 Å². The van der Waals surface area contributed by atoms with Gasteiger partial charge in [-0.1, -0.05) is 6.92 Å². The van der Waals surface area contributed by atoms with Crippen molar-refractivity contribution in [2.75, 3.05) is 13.3 Å². The molecule has 0 aromatic rings. The second-order valence-electron chi connectivity index (χ2n) is 2.76. The van der Waals surface area contributed by atoms with Crippen LogP contribution in [0.15, 0.2) is 0 Å². The smallest absolute Gasteiger partial charge is 0.309 e. The highest BCUT2D eigenvalue weighted by molar-refractivity contribution is 7.52. The molecule has 0 saturated carbocycles. The highest BCUT2D eigenvalue weighted by Gasteiger charge is 2.17. The first-order chi connectivity index (χ1) is 4.98. The maximum Gasteiger partial charge on any atom is 0.327 e. The Bertz CT molecular complexity index is 145. The van der Waals surface area contributed by atoms with Crippen molar-refractivity contribution < 1.29 is 13.6 Å². The zero-order chi connectivity index (χ0) is 8.91. The highest BCUT2D eigenvalue weighted by Crippen LogP contribution is 2.44. The Labute approximate surface area is 68.6 Å². The van der Waals surface area contributed by atoms with E-state index in [2.05, 4.69) is 0 Å². The van der Waals surface area contributed by atoms with Gasteiger partial charge >= 0.3 is 7.60 Å². The molecule has 0 aromatic heterocycles. The van der Waals surface area contributed by atoms with Gasteiger partial charge in [-0.3, -0.25) is 4.57 Å². The first kappa shape index (κ1) is 11.2. The summed E-state index contributed by atoms with van der Waals surface area (Å²) in [5.74, 6) is 0. The number of hydrogen-bond acceptors (Lipinski definition) is 3. The van der Waals surface area contributed by atoms with Crippen LogP contribution in [-0.4, -0.2) is 19.4 Å². The SMILES string of the molecule is CCCOP(C)(=O)OC(C)C. The molecule has 0 spiro atoms. The lowest BCUT2D eigenvalue weighted by atomic mass is 10.5. The van der Waals surface area contributed by atoms with Gasteiger partial charge in [-0.05, 0) is 20.3 Å². The predicted molar refractivity (Wildman–Crippen MR) is 46.0 cm³/mol. The summed E-state index contributed by atoms with van der Waals surface area (Å²) in [5, 5.41) is 0. The van der Waals surface area contributed by atoms with Gasteiger partial charge in [0.05, 0.1) is 12.7 Å². The molecule has 0 saturated heterocycles. The van der Waals surface area contributed by atoms with E-state index >= 15 is 0 Å². The molecule has 11 heavy (non-hydrogen) atoms. The topological polar surface area (TPSA) is 35.5 Å². The van der Waals surface area contributed by atoms with Gasteiger partial charge in [-0.25, -0.2) is 0 Å². The minimum atomic E-state index is -2.77. The molecule has 1 unspecified atom stereocenters. The Hall–Kier alpha value is 0.150. The zero-order valence-corrected chi connectivity index (χ0v) is 8.56. The Kier molecular flexibility index (Phi) is 4.98. The Morgan fingerprint density at radius 3 is 2.36 bits per heavy atom. The molecule has 0 fully saturated rings. The largest absolute Gasteiger partial charge is 0.327 e. The fraction of sp³-hybridized carbons (Fsp3) is 1.00. The molecule has 0 rings (SSSR count). The summed E-state index contributed by atoms with van der Waals surface area (Å²) in [6.07, 6.45) is 0.821. The predicted octanol–water partition coefficient (Wildman–Crippen LogP) is 2.66. The van der Waals surface area contributed by atoms with Crippen LogP contribution >= 0.6 is 7.60 Å². The summed E-state index contributed by atoms with van der Waals surface area (Å²) >= 11 is 0. The molecule has 0 aliphatic carbocycles. The van der Waals surface area contributed by atoms with E-state index in [4.69, 9.17) is 9.05 Å². The molecule has 68 valence electrons. The summed E-state index contributed by atoms with van der Waals surface area (Å²) in [6, 6.07) is 0. The van der Waals surface area contributed by atoms with Crippen molar-refractivity contribution in [1.82, 2.24) is 0 Å². The van der Waals surface area contributed by atoms with Crippen molar-refractivity contribution in [2.45, 2.75) is 33.3 Å². The molecular weight excluding hydrogens is 163 g/mol. The van der Waals surface area contributed by atoms with Gasteiger partial charge in [0, 0.05) is 6.66 Å². The van der Waals surface area contributed by atoms with E-state index in [0.717, 1.165) is 6.42 Å². The van der Waals surface area contributed by atoms with Crippen LogP contribution in [-0.2, 0) is 13.6 Å². The molecule has 0 radical (unpaired) electrons. The van der Waals surface area contributed by atoms with Crippen molar-refractivity contribution in [3.05, 3.63) is 0 Å². The number of hydrogen-bond donors (Lipinski definition) is 0. The summed E-state index contributed by atoms with van der Waals surface area (Å²) in [7, 11) is -2.77. The van der Waals surface area contributed by atoms with Crippen LogP contribution in [0.1, 0.15) is 27.2 Å². The summed E-state index contributed by atoms with van der Waals surface area (Å²) in [4.78, 5) is 0.